The highest BCUT2D eigenvalue weighted by atomic mass is 16.2. The number of likely N-dealkylation sites (tertiary alicyclic amines) is 1. The van der Waals surface area contributed by atoms with Gasteiger partial charge in [-0.25, -0.2) is 4.79 Å². The number of nitrogens with one attached hydrogen (secondary N) is 2. The quantitative estimate of drug-likeness (QED) is 0.665. The molecule has 1 heterocycles. The van der Waals surface area contributed by atoms with E-state index in [2.05, 4.69) is 10.6 Å². The Hall–Kier alpha value is -2.90. The fourth-order valence-electron chi connectivity index (χ4n) is 4.13. The van der Waals surface area contributed by atoms with Gasteiger partial charge in [0.05, 0.1) is 0 Å². The molecule has 2 N–H and O–H groups in total. The topological polar surface area (TPSA) is 98.8 Å². The molecule has 3 rings (SSSR count). The number of nitrogens with zero attached hydrogens (tertiary/aromatic N) is 2. The first-order valence-corrected chi connectivity index (χ1v) is 10.6. The summed E-state index contributed by atoms with van der Waals surface area (Å²) in [6, 6.07) is 9.52. The number of urea groups is 1. The fraction of sp³-hybridized carbons (Fsp3) is 0.545. The van der Waals surface area contributed by atoms with Crippen LogP contribution in [-0.2, 0) is 20.9 Å². The van der Waals surface area contributed by atoms with E-state index < -0.39 is 0 Å². The van der Waals surface area contributed by atoms with Crippen molar-refractivity contribution in [1.82, 2.24) is 20.4 Å². The summed E-state index contributed by atoms with van der Waals surface area (Å²) in [6.07, 6.45) is 3.81. The second kappa shape index (κ2) is 10.2. The third kappa shape index (κ3) is 5.81. The largest absolute Gasteiger partial charge is 0.353 e. The lowest BCUT2D eigenvalue weighted by Crippen LogP contribution is -2.46. The minimum absolute atomic E-state index is 0.0277. The minimum Gasteiger partial charge on any atom is -0.353 e. The first-order valence-electron chi connectivity index (χ1n) is 10.6. The van der Waals surface area contributed by atoms with Crippen molar-refractivity contribution in [2.75, 3.05) is 13.6 Å². The first-order chi connectivity index (χ1) is 14.4. The second-order valence-electron chi connectivity index (χ2n) is 8.05. The molecule has 1 saturated heterocycles. The molecule has 8 heteroatoms. The van der Waals surface area contributed by atoms with Gasteiger partial charge < -0.3 is 15.5 Å². The highest BCUT2D eigenvalue weighted by molar-refractivity contribution is 6.02. The molecule has 8 nitrogen and oxygen atoms in total. The molecule has 0 unspecified atom stereocenters. The number of carbonyl (C=O) groups excluding carboxylic acids is 4. The molecule has 0 radical (unpaired) electrons. The standard InChI is InChI=1S/C22H30N4O4/c1-25(15-16-5-3-2-4-6-16)22(30)23-14-13-19(27)24-17-7-9-18(10-8-17)26-20(28)11-12-21(26)29/h2-6,17-18H,7-15H2,1H3,(H,23,30)(H,24,27). The van der Waals surface area contributed by atoms with Gasteiger partial charge in [0.1, 0.15) is 0 Å². The highest BCUT2D eigenvalue weighted by Crippen LogP contribution is 2.27. The molecular weight excluding hydrogens is 384 g/mol. The van der Waals surface area contributed by atoms with E-state index in [-0.39, 0.29) is 48.8 Å². The van der Waals surface area contributed by atoms with Crippen molar-refractivity contribution in [2.24, 2.45) is 0 Å². The van der Waals surface area contributed by atoms with Crippen LogP contribution in [0.4, 0.5) is 4.79 Å². The molecule has 1 aliphatic heterocycles. The van der Waals surface area contributed by atoms with Gasteiger partial charge in [-0.3, -0.25) is 19.3 Å². The molecule has 0 bridgehead atoms. The van der Waals surface area contributed by atoms with E-state index >= 15 is 0 Å². The molecule has 1 aromatic carbocycles. The zero-order valence-corrected chi connectivity index (χ0v) is 17.4. The smallest absolute Gasteiger partial charge is 0.317 e. The molecular formula is C22H30N4O4. The Labute approximate surface area is 177 Å². The zero-order valence-electron chi connectivity index (χ0n) is 17.4. The number of amides is 5. The Morgan fingerprint density at radius 3 is 2.30 bits per heavy atom. The average Bonchev–Trinajstić information content (AvgIpc) is 3.07. The molecule has 5 amide bonds. The minimum atomic E-state index is -0.216. The maximum atomic E-state index is 12.2. The van der Waals surface area contributed by atoms with Crippen LogP contribution in [0, 0.1) is 0 Å². The Balaban J connectivity index is 1.32. The number of benzene rings is 1. The Bertz CT molecular complexity index is 759. The van der Waals surface area contributed by atoms with Crippen LogP contribution in [-0.4, -0.2) is 59.2 Å². The summed E-state index contributed by atoms with van der Waals surface area (Å²) >= 11 is 0. The molecule has 1 aromatic rings. The number of hydrogen-bond acceptors (Lipinski definition) is 4. The summed E-state index contributed by atoms with van der Waals surface area (Å²) in [5.74, 6) is -0.237. The van der Waals surface area contributed by atoms with Crippen LogP contribution in [0.25, 0.3) is 0 Å². The normalized spacial score (nSPS) is 21.4. The van der Waals surface area contributed by atoms with Gasteiger partial charge in [0.15, 0.2) is 0 Å². The molecule has 2 aliphatic rings. The van der Waals surface area contributed by atoms with E-state index in [4.69, 9.17) is 0 Å². The van der Waals surface area contributed by atoms with E-state index in [1.165, 1.54) is 4.90 Å². The van der Waals surface area contributed by atoms with Crippen LogP contribution in [0.1, 0.15) is 50.5 Å². The number of hydrogen-bond donors (Lipinski definition) is 2. The van der Waals surface area contributed by atoms with Crippen LogP contribution in [0.15, 0.2) is 30.3 Å². The Kier molecular flexibility index (Phi) is 7.43. The van der Waals surface area contributed by atoms with Crippen molar-refractivity contribution < 1.29 is 19.2 Å². The number of imide groups is 1. The predicted octanol–water partition coefficient (Wildman–Crippen LogP) is 1.79. The molecule has 1 aliphatic carbocycles. The van der Waals surface area contributed by atoms with Crippen LogP contribution < -0.4 is 10.6 Å². The van der Waals surface area contributed by atoms with Crippen molar-refractivity contribution >= 4 is 23.8 Å². The fourth-order valence-corrected chi connectivity index (χ4v) is 4.13. The predicted molar refractivity (Wildman–Crippen MR) is 111 cm³/mol. The van der Waals surface area contributed by atoms with Crippen molar-refractivity contribution in [1.29, 1.82) is 0 Å². The van der Waals surface area contributed by atoms with E-state index in [1.54, 1.807) is 11.9 Å². The van der Waals surface area contributed by atoms with Crippen molar-refractivity contribution in [3.05, 3.63) is 35.9 Å². The monoisotopic (exact) mass is 414 g/mol. The zero-order chi connectivity index (χ0) is 21.5. The van der Waals surface area contributed by atoms with E-state index in [1.807, 2.05) is 30.3 Å². The lowest BCUT2D eigenvalue weighted by Gasteiger charge is -2.33. The molecule has 2 fully saturated rings. The summed E-state index contributed by atoms with van der Waals surface area (Å²) < 4.78 is 0. The van der Waals surface area contributed by atoms with E-state index in [0.29, 0.717) is 19.4 Å². The second-order valence-corrected chi connectivity index (χ2v) is 8.05. The van der Waals surface area contributed by atoms with Gasteiger partial charge in [0.2, 0.25) is 17.7 Å². The van der Waals surface area contributed by atoms with Gasteiger partial charge in [-0.15, -0.1) is 0 Å². The molecule has 30 heavy (non-hydrogen) atoms. The van der Waals surface area contributed by atoms with Crippen molar-refractivity contribution in [3.63, 3.8) is 0 Å². The molecule has 0 atom stereocenters. The summed E-state index contributed by atoms with van der Waals surface area (Å²) in [5.41, 5.74) is 1.04. The third-order valence-electron chi connectivity index (χ3n) is 5.75. The molecule has 0 aromatic heterocycles. The SMILES string of the molecule is CN(Cc1ccccc1)C(=O)NCCC(=O)NC1CCC(N2C(=O)CCC2=O)CC1. The third-order valence-corrected chi connectivity index (χ3v) is 5.75. The van der Waals surface area contributed by atoms with E-state index in [0.717, 1.165) is 31.2 Å². The lowest BCUT2D eigenvalue weighted by molar-refractivity contribution is -0.142. The van der Waals surface area contributed by atoms with Crippen LogP contribution in [0.2, 0.25) is 0 Å². The summed E-state index contributed by atoms with van der Waals surface area (Å²) in [4.78, 5) is 51.1. The van der Waals surface area contributed by atoms with Crippen molar-refractivity contribution in [2.45, 2.75) is 63.6 Å². The highest BCUT2D eigenvalue weighted by Gasteiger charge is 2.37. The Morgan fingerprint density at radius 1 is 1.03 bits per heavy atom. The average molecular weight is 415 g/mol. The molecule has 0 spiro atoms. The summed E-state index contributed by atoms with van der Waals surface area (Å²) in [7, 11) is 1.72. The van der Waals surface area contributed by atoms with Gasteiger partial charge in [0.25, 0.3) is 0 Å². The van der Waals surface area contributed by atoms with Crippen LogP contribution in [0.3, 0.4) is 0 Å². The van der Waals surface area contributed by atoms with Gasteiger partial charge in [-0.2, -0.15) is 0 Å². The maximum Gasteiger partial charge on any atom is 0.317 e. The number of carbonyl (C=O) groups is 4. The first kappa shape index (κ1) is 21.8. The van der Waals surface area contributed by atoms with Crippen molar-refractivity contribution in [3.8, 4) is 0 Å². The molecule has 1 saturated carbocycles. The Morgan fingerprint density at radius 2 is 1.67 bits per heavy atom. The van der Waals surface area contributed by atoms with Gasteiger partial charge >= 0.3 is 6.03 Å². The van der Waals surface area contributed by atoms with Crippen LogP contribution >= 0.6 is 0 Å². The maximum absolute atomic E-state index is 12.2. The molecule has 162 valence electrons. The van der Waals surface area contributed by atoms with Gasteiger partial charge in [-0.05, 0) is 31.2 Å². The summed E-state index contributed by atoms with van der Waals surface area (Å²) in [5, 5.41) is 5.77. The number of rotatable bonds is 7. The van der Waals surface area contributed by atoms with Gasteiger partial charge in [-0.1, -0.05) is 30.3 Å². The van der Waals surface area contributed by atoms with E-state index in [9.17, 15) is 19.2 Å². The lowest BCUT2D eigenvalue weighted by atomic mass is 9.90. The van der Waals surface area contributed by atoms with Crippen LogP contribution in [0.5, 0.6) is 0 Å². The van der Waals surface area contributed by atoms with Gasteiger partial charge in [0, 0.05) is 51.5 Å². The summed E-state index contributed by atoms with van der Waals surface area (Å²) in [6.45, 7) is 0.778.